The van der Waals surface area contributed by atoms with Crippen LogP contribution in [-0.2, 0) is 9.53 Å². The highest BCUT2D eigenvalue weighted by atomic mass is 79.9. The predicted molar refractivity (Wildman–Crippen MR) is 73.5 cm³/mol. The van der Waals surface area contributed by atoms with Gasteiger partial charge >= 0.3 is 0 Å². The second-order valence-electron chi connectivity index (χ2n) is 4.78. The molecule has 1 aliphatic rings. The maximum atomic E-state index is 11.9. The zero-order valence-corrected chi connectivity index (χ0v) is 12.2. The molecular formula is C13H17BrN2O2. The van der Waals surface area contributed by atoms with Crippen molar-refractivity contribution in [1.29, 1.82) is 0 Å². The number of methoxy groups -OCH3 is 1. The third kappa shape index (κ3) is 2.90. The molecule has 0 unspecified atom stereocenters. The molecule has 0 radical (unpaired) electrons. The summed E-state index contributed by atoms with van der Waals surface area (Å²) in [6, 6.07) is 1.85. The Kier molecular flexibility index (Phi) is 4.02. The van der Waals surface area contributed by atoms with Crippen LogP contribution in [0.3, 0.4) is 0 Å². The van der Waals surface area contributed by atoms with E-state index in [4.69, 9.17) is 4.74 Å². The Bertz CT molecular complexity index is 453. The van der Waals surface area contributed by atoms with Crippen LogP contribution in [0, 0.1) is 6.92 Å². The first-order valence-corrected chi connectivity index (χ1v) is 6.81. The Morgan fingerprint density at radius 1 is 1.61 bits per heavy atom. The summed E-state index contributed by atoms with van der Waals surface area (Å²) in [6.45, 7) is 1.96. The quantitative estimate of drug-likeness (QED) is 0.929. The number of halogens is 1. The summed E-state index contributed by atoms with van der Waals surface area (Å²) >= 11 is 3.38. The van der Waals surface area contributed by atoms with Crippen LogP contribution in [0.15, 0.2) is 16.7 Å². The molecule has 4 nitrogen and oxygen atoms in total. The fourth-order valence-electron chi connectivity index (χ4n) is 2.11. The maximum absolute atomic E-state index is 11.9. The Balaban J connectivity index is 1.96. The molecule has 0 aromatic carbocycles. The number of amides is 1. The molecule has 1 N–H and O–H groups in total. The molecule has 1 fully saturated rings. The monoisotopic (exact) mass is 312 g/mol. The maximum Gasteiger partial charge on any atom is 0.228 e. The van der Waals surface area contributed by atoms with Gasteiger partial charge in [0.1, 0.15) is 5.82 Å². The van der Waals surface area contributed by atoms with Crippen LogP contribution in [0.2, 0.25) is 0 Å². The Labute approximate surface area is 115 Å². The lowest BCUT2D eigenvalue weighted by Gasteiger charge is -2.39. The van der Waals surface area contributed by atoms with Crippen molar-refractivity contribution in [2.45, 2.75) is 38.2 Å². The van der Waals surface area contributed by atoms with E-state index in [0.29, 0.717) is 12.2 Å². The number of carbonyl (C=O) groups is 1. The van der Waals surface area contributed by atoms with E-state index in [-0.39, 0.29) is 11.5 Å². The van der Waals surface area contributed by atoms with E-state index < -0.39 is 0 Å². The third-order valence-electron chi connectivity index (χ3n) is 3.49. The van der Waals surface area contributed by atoms with Crippen LogP contribution in [-0.4, -0.2) is 23.6 Å². The van der Waals surface area contributed by atoms with E-state index in [1.165, 1.54) is 0 Å². The van der Waals surface area contributed by atoms with E-state index in [9.17, 15) is 4.79 Å². The van der Waals surface area contributed by atoms with Crippen molar-refractivity contribution in [1.82, 2.24) is 4.98 Å². The van der Waals surface area contributed by atoms with Crippen molar-refractivity contribution < 1.29 is 9.53 Å². The van der Waals surface area contributed by atoms with E-state index in [0.717, 1.165) is 29.3 Å². The zero-order chi connectivity index (χ0) is 13.2. The van der Waals surface area contributed by atoms with Gasteiger partial charge in [0, 0.05) is 17.8 Å². The van der Waals surface area contributed by atoms with Crippen molar-refractivity contribution >= 4 is 27.7 Å². The summed E-state index contributed by atoms with van der Waals surface area (Å²) in [7, 11) is 1.68. The van der Waals surface area contributed by atoms with Crippen LogP contribution < -0.4 is 5.32 Å². The fraction of sp³-hybridized carbons (Fsp3) is 0.538. The van der Waals surface area contributed by atoms with Gasteiger partial charge in [-0.1, -0.05) is 0 Å². The number of aryl methyl sites for hydroxylation is 1. The average Bonchev–Trinajstić information content (AvgIpc) is 2.29. The molecule has 0 saturated heterocycles. The van der Waals surface area contributed by atoms with Gasteiger partial charge in [0.15, 0.2) is 0 Å². The van der Waals surface area contributed by atoms with Gasteiger partial charge in [-0.3, -0.25) is 4.79 Å². The van der Waals surface area contributed by atoms with Crippen molar-refractivity contribution in [2.75, 3.05) is 12.4 Å². The molecule has 5 heteroatoms. The average molecular weight is 313 g/mol. The Hall–Kier alpha value is -0.940. The molecule has 1 heterocycles. The molecule has 0 spiro atoms. The van der Waals surface area contributed by atoms with Crippen molar-refractivity contribution in [3.63, 3.8) is 0 Å². The standard InChI is InChI=1S/C13H17BrN2O2/c1-9-6-11(15-8-10(9)14)16-12(17)7-13(18-2)4-3-5-13/h6,8H,3-5,7H2,1-2H3,(H,15,16,17). The van der Waals surface area contributed by atoms with Gasteiger partial charge in [-0.05, 0) is 53.7 Å². The highest BCUT2D eigenvalue weighted by Crippen LogP contribution is 2.38. The number of aromatic nitrogens is 1. The number of carbonyl (C=O) groups excluding carboxylic acids is 1. The predicted octanol–water partition coefficient (Wildman–Crippen LogP) is 3.05. The number of hydrogen-bond acceptors (Lipinski definition) is 3. The van der Waals surface area contributed by atoms with Gasteiger partial charge in [-0.25, -0.2) is 4.98 Å². The number of pyridine rings is 1. The number of hydrogen-bond donors (Lipinski definition) is 1. The van der Waals surface area contributed by atoms with Gasteiger partial charge in [-0.2, -0.15) is 0 Å². The summed E-state index contributed by atoms with van der Waals surface area (Å²) in [5.74, 6) is 0.553. The van der Waals surface area contributed by atoms with Gasteiger partial charge in [-0.15, -0.1) is 0 Å². The first kappa shape index (κ1) is 13.5. The molecule has 18 heavy (non-hydrogen) atoms. The Morgan fingerprint density at radius 3 is 2.83 bits per heavy atom. The molecule has 0 atom stereocenters. The highest BCUT2D eigenvalue weighted by molar-refractivity contribution is 9.10. The van der Waals surface area contributed by atoms with E-state index in [1.807, 2.05) is 13.0 Å². The van der Waals surface area contributed by atoms with Gasteiger partial charge < -0.3 is 10.1 Å². The molecule has 1 amide bonds. The summed E-state index contributed by atoms with van der Waals surface area (Å²) < 4.78 is 6.37. The van der Waals surface area contributed by atoms with Crippen LogP contribution in [0.25, 0.3) is 0 Å². The minimum absolute atomic E-state index is 0.0363. The molecule has 0 bridgehead atoms. The van der Waals surface area contributed by atoms with Crippen LogP contribution >= 0.6 is 15.9 Å². The molecule has 1 aromatic heterocycles. The molecule has 0 aliphatic heterocycles. The zero-order valence-electron chi connectivity index (χ0n) is 10.6. The number of nitrogens with one attached hydrogen (secondary N) is 1. The fourth-order valence-corrected chi connectivity index (χ4v) is 2.33. The number of anilines is 1. The van der Waals surface area contributed by atoms with Crippen LogP contribution in [0.5, 0.6) is 0 Å². The topological polar surface area (TPSA) is 51.2 Å². The minimum Gasteiger partial charge on any atom is -0.378 e. The second-order valence-corrected chi connectivity index (χ2v) is 5.64. The highest BCUT2D eigenvalue weighted by Gasteiger charge is 2.39. The van der Waals surface area contributed by atoms with Gasteiger partial charge in [0.2, 0.25) is 5.91 Å². The van der Waals surface area contributed by atoms with E-state index >= 15 is 0 Å². The number of rotatable bonds is 4. The SMILES string of the molecule is COC1(CC(=O)Nc2cc(C)c(Br)cn2)CCC1. The van der Waals surface area contributed by atoms with Gasteiger partial charge in [0.25, 0.3) is 0 Å². The molecule has 2 rings (SSSR count). The van der Waals surface area contributed by atoms with E-state index in [1.54, 1.807) is 13.3 Å². The van der Waals surface area contributed by atoms with Gasteiger partial charge in [0.05, 0.1) is 12.0 Å². The van der Waals surface area contributed by atoms with Crippen molar-refractivity contribution in [3.05, 3.63) is 22.3 Å². The molecular weight excluding hydrogens is 296 g/mol. The van der Waals surface area contributed by atoms with E-state index in [2.05, 4.69) is 26.2 Å². The summed E-state index contributed by atoms with van der Waals surface area (Å²) in [6.07, 6.45) is 5.16. The second kappa shape index (κ2) is 5.36. The lowest BCUT2D eigenvalue weighted by atomic mass is 9.77. The Morgan fingerprint density at radius 2 is 2.33 bits per heavy atom. The first-order chi connectivity index (χ1) is 8.54. The summed E-state index contributed by atoms with van der Waals surface area (Å²) in [4.78, 5) is 16.1. The lowest BCUT2D eigenvalue weighted by molar-refractivity contribution is -0.129. The smallest absolute Gasteiger partial charge is 0.228 e. The van der Waals surface area contributed by atoms with Crippen molar-refractivity contribution in [2.24, 2.45) is 0 Å². The molecule has 1 aromatic rings. The molecule has 98 valence electrons. The molecule has 1 aliphatic carbocycles. The number of ether oxygens (including phenoxy) is 1. The largest absolute Gasteiger partial charge is 0.378 e. The summed E-state index contributed by atoms with van der Waals surface area (Å²) in [5.41, 5.74) is 0.805. The minimum atomic E-state index is -0.242. The van der Waals surface area contributed by atoms with Crippen LogP contribution in [0.1, 0.15) is 31.2 Å². The molecule has 1 saturated carbocycles. The normalized spacial score (nSPS) is 17.1. The number of nitrogens with zero attached hydrogens (tertiary/aromatic N) is 1. The summed E-state index contributed by atoms with van der Waals surface area (Å²) in [5, 5.41) is 2.82. The lowest BCUT2D eigenvalue weighted by Crippen LogP contribution is -2.42. The third-order valence-corrected chi connectivity index (χ3v) is 4.33. The van der Waals surface area contributed by atoms with Crippen LogP contribution in [0.4, 0.5) is 5.82 Å². The first-order valence-electron chi connectivity index (χ1n) is 6.02. The van der Waals surface area contributed by atoms with Crippen molar-refractivity contribution in [3.8, 4) is 0 Å².